The number of aromatic nitrogens is 1. The van der Waals surface area contributed by atoms with E-state index in [1.54, 1.807) is 30.3 Å². The van der Waals surface area contributed by atoms with Crippen molar-refractivity contribution < 1.29 is 0 Å². The minimum absolute atomic E-state index is 0.362. The molecule has 2 aromatic rings. The van der Waals surface area contributed by atoms with Crippen LogP contribution in [0.4, 0.5) is 0 Å². The lowest BCUT2D eigenvalue weighted by molar-refractivity contribution is 0.616. The zero-order valence-electron chi connectivity index (χ0n) is 9.75. The molecule has 0 aliphatic rings. The Hall–Kier alpha value is -3.28. The van der Waals surface area contributed by atoms with Gasteiger partial charge in [0.2, 0.25) is 0 Å². The standard InChI is InChI=1S/C14H7N5/c15-5-10(6-16)14(8-17,9-18)12-7-19-13-4-2-1-3-11(12)13/h1-4,7,10,19H. The van der Waals surface area contributed by atoms with E-state index >= 15 is 0 Å². The summed E-state index contributed by atoms with van der Waals surface area (Å²) in [4.78, 5) is 2.94. The number of nitriles is 4. The molecular weight excluding hydrogens is 238 g/mol. The molecular formula is C14H7N5. The number of para-hydroxylation sites is 1. The van der Waals surface area contributed by atoms with Crippen LogP contribution in [0.2, 0.25) is 0 Å². The SMILES string of the molecule is N#CC(C#N)C(C#N)(C#N)c1c[nH]c2ccccc12. The van der Waals surface area contributed by atoms with E-state index in [1.165, 1.54) is 6.20 Å². The fourth-order valence-corrected chi connectivity index (χ4v) is 2.05. The van der Waals surface area contributed by atoms with E-state index in [2.05, 4.69) is 4.98 Å². The van der Waals surface area contributed by atoms with Gasteiger partial charge in [0, 0.05) is 22.7 Å². The van der Waals surface area contributed by atoms with Gasteiger partial charge in [-0.1, -0.05) is 18.2 Å². The summed E-state index contributed by atoms with van der Waals surface area (Å²) in [6, 6.07) is 14.3. The third kappa shape index (κ3) is 1.59. The molecule has 1 aromatic heterocycles. The van der Waals surface area contributed by atoms with Crippen LogP contribution in [0.15, 0.2) is 30.5 Å². The van der Waals surface area contributed by atoms with Crippen LogP contribution < -0.4 is 0 Å². The summed E-state index contributed by atoms with van der Waals surface area (Å²) in [5.41, 5.74) is -0.675. The van der Waals surface area contributed by atoms with Crippen molar-refractivity contribution in [1.29, 1.82) is 21.0 Å². The van der Waals surface area contributed by atoms with Crippen molar-refractivity contribution in [2.45, 2.75) is 5.41 Å². The van der Waals surface area contributed by atoms with Gasteiger partial charge >= 0.3 is 0 Å². The zero-order valence-corrected chi connectivity index (χ0v) is 9.75. The second-order valence-corrected chi connectivity index (χ2v) is 3.97. The minimum atomic E-state index is -1.79. The molecule has 88 valence electrons. The number of hydrogen-bond donors (Lipinski definition) is 1. The Balaban J connectivity index is 2.80. The second kappa shape index (κ2) is 4.53. The first-order chi connectivity index (χ1) is 9.23. The summed E-state index contributed by atoms with van der Waals surface area (Å²) in [7, 11) is 0. The Labute approximate surface area is 109 Å². The zero-order chi connectivity index (χ0) is 13.9. The summed E-state index contributed by atoms with van der Waals surface area (Å²) >= 11 is 0. The lowest BCUT2D eigenvalue weighted by atomic mass is 9.73. The third-order valence-corrected chi connectivity index (χ3v) is 3.06. The highest BCUT2D eigenvalue weighted by Gasteiger charge is 2.44. The molecule has 1 aromatic carbocycles. The molecule has 0 unspecified atom stereocenters. The molecule has 0 amide bonds. The van der Waals surface area contributed by atoms with Crippen molar-refractivity contribution in [2.24, 2.45) is 5.92 Å². The Bertz CT molecular complexity index is 760. The van der Waals surface area contributed by atoms with Gasteiger partial charge < -0.3 is 4.98 Å². The molecule has 2 rings (SSSR count). The fourth-order valence-electron chi connectivity index (χ4n) is 2.05. The number of fused-ring (bicyclic) bond motifs is 1. The molecule has 0 saturated carbocycles. The van der Waals surface area contributed by atoms with Crippen LogP contribution in [-0.4, -0.2) is 4.98 Å². The van der Waals surface area contributed by atoms with Gasteiger partial charge in [-0.05, 0) is 6.07 Å². The number of rotatable bonds is 2. The van der Waals surface area contributed by atoms with Gasteiger partial charge in [-0.3, -0.25) is 0 Å². The number of benzene rings is 1. The lowest BCUT2D eigenvalue weighted by Gasteiger charge is -2.18. The van der Waals surface area contributed by atoms with Gasteiger partial charge in [-0.25, -0.2) is 0 Å². The maximum Gasteiger partial charge on any atom is 0.199 e. The number of H-pyrrole nitrogens is 1. The number of aromatic amines is 1. The second-order valence-electron chi connectivity index (χ2n) is 3.97. The van der Waals surface area contributed by atoms with E-state index in [9.17, 15) is 10.5 Å². The number of nitrogens with zero attached hydrogens (tertiary/aromatic N) is 4. The first-order valence-corrected chi connectivity index (χ1v) is 5.42. The smallest absolute Gasteiger partial charge is 0.199 e. The van der Waals surface area contributed by atoms with Crippen molar-refractivity contribution in [1.82, 2.24) is 4.98 Å². The van der Waals surface area contributed by atoms with E-state index in [0.717, 1.165) is 5.52 Å². The molecule has 0 atom stereocenters. The highest BCUT2D eigenvalue weighted by Crippen LogP contribution is 2.35. The summed E-state index contributed by atoms with van der Waals surface area (Å²) in [5, 5.41) is 37.4. The van der Waals surface area contributed by atoms with Crippen LogP contribution >= 0.6 is 0 Å². The van der Waals surface area contributed by atoms with E-state index in [0.29, 0.717) is 10.9 Å². The highest BCUT2D eigenvalue weighted by molar-refractivity contribution is 5.85. The normalized spacial score (nSPS) is 10.4. The molecule has 0 spiro atoms. The molecule has 1 heterocycles. The third-order valence-electron chi connectivity index (χ3n) is 3.06. The molecule has 0 radical (unpaired) electrons. The maximum absolute atomic E-state index is 9.35. The summed E-state index contributed by atoms with van der Waals surface area (Å²) in [5.74, 6) is -1.35. The summed E-state index contributed by atoms with van der Waals surface area (Å²) in [6.07, 6.45) is 1.51. The van der Waals surface area contributed by atoms with E-state index in [1.807, 2.05) is 18.2 Å². The van der Waals surface area contributed by atoms with E-state index in [-0.39, 0.29) is 0 Å². The average molecular weight is 245 g/mol. The minimum Gasteiger partial charge on any atom is -0.361 e. The topological polar surface area (TPSA) is 111 Å². The van der Waals surface area contributed by atoms with Crippen LogP contribution in [0.25, 0.3) is 10.9 Å². The molecule has 1 N–H and O–H groups in total. The van der Waals surface area contributed by atoms with Crippen molar-refractivity contribution >= 4 is 10.9 Å². The highest BCUT2D eigenvalue weighted by atomic mass is 14.7. The van der Waals surface area contributed by atoms with Crippen molar-refractivity contribution in [3.05, 3.63) is 36.0 Å². The van der Waals surface area contributed by atoms with Crippen LogP contribution in [0, 0.1) is 51.2 Å². The predicted octanol–water partition coefficient (Wildman–Crippen LogP) is 2.12. The van der Waals surface area contributed by atoms with Crippen LogP contribution in [0.3, 0.4) is 0 Å². The molecule has 5 nitrogen and oxygen atoms in total. The fraction of sp³-hybridized carbons (Fsp3) is 0.143. The molecule has 0 aliphatic heterocycles. The Morgan fingerprint density at radius 3 is 2.21 bits per heavy atom. The maximum atomic E-state index is 9.35. The number of hydrogen-bond acceptors (Lipinski definition) is 4. The Morgan fingerprint density at radius 2 is 1.63 bits per heavy atom. The molecule has 19 heavy (non-hydrogen) atoms. The first kappa shape index (κ1) is 12.2. The number of nitrogens with one attached hydrogen (secondary N) is 1. The van der Waals surface area contributed by atoms with Crippen molar-refractivity contribution in [2.75, 3.05) is 0 Å². The summed E-state index contributed by atoms with van der Waals surface area (Å²) in [6.45, 7) is 0. The van der Waals surface area contributed by atoms with Gasteiger partial charge in [0.05, 0.1) is 24.3 Å². The van der Waals surface area contributed by atoms with Gasteiger partial charge in [-0.2, -0.15) is 21.0 Å². The first-order valence-electron chi connectivity index (χ1n) is 5.42. The van der Waals surface area contributed by atoms with Gasteiger partial charge in [-0.15, -0.1) is 0 Å². The van der Waals surface area contributed by atoms with Gasteiger partial charge in [0.1, 0.15) is 0 Å². The van der Waals surface area contributed by atoms with Crippen molar-refractivity contribution in [3.63, 3.8) is 0 Å². The monoisotopic (exact) mass is 245 g/mol. The Morgan fingerprint density at radius 1 is 1.00 bits per heavy atom. The van der Waals surface area contributed by atoms with Crippen molar-refractivity contribution in [3.8, 4) is 24.3 Å². The van der Waals surface area contributed by atoms with Crippen LogP contribution in [-0.2, 0) is 5.41 Å². The van der Waals surface area contributed by atoms with Gasteiger partial charge in [0.15, 0.2) is 11.3 Å². The molecule has 5 heteroatoms. The van der Waals surface area contributed by atoms with Gasteiger partial charge in [0.25, 0.3) is 0 Å². The molecule has 0 fully saturated rings. The molecule has 0 aliphatic carbocycles. The molecule has 0 bridgehead atoms. The summed E-state index contributed by atoms with van der Waals surface area (Å²) < 4.78 is 0. The Kier molecular flexibility index (Phi) is 2.91. The average Bonchev–Trinajstić information content (AvgIpc) is 2.89. The largest absolute Gasteiger partial charge is 0.361 e. The van der Waals surface area contributed by atoms with Crippen LogP contribution in [0.1, 0.15) is 5.56 Å². The van der Waals surface area contributed by atoms with Crippen LogP contribution in [0.5, 0.6) is 0 Å². The van der Waals surface area contributed by atoms with E-state index < -0.39 is 11.3 Å². The molecule has 0 saturated heterocycles. The van der Waals surface area contributed by atoms with E-state index in [4.69, 9.17) is 10.5 Å². The quantitative estimate of drug-likeness (QED) is 0.873. The predicted molar refractivity (Wildman–Crippen MR) is 65.9 cm³/mol. The lowest BCUT2D eigenvalue weighted by Crippen LogP contribution is -2.30.